The van der Waals surface area contributed by atoms with Gasteiger partial charge in [0.15, 0.2) is 15.9 Å². The van der Waals surface area contributed by atoms with Crippen molar-refractivity contribution in [1.29, 1.82) is 0 Å². The Morgan fingerprint density at radius 2 is 1.88 bits per heavy atom. The second kappa shape index (κ2) is 7.77. The zero-order chi connectivity index (χ0) is 18.6. The third-order valence-electron chi connectivity index (χ3n) is 3.95. The Bertz CT molecular complexity index is 769. The van der Waals surface area contributed by atoms with Gasteiger partial charge in [0.1, 0.15) is 0 Å². The van der Waals surface area contributed by atoms with Crippen LogP contribution in [0.1, 0.15) is 37.0 Å². The fraction of sp³-hybridized carbons (Fsp3) is 0.471. The first-order valence-electron chi connectivity index (χ1n) is 7.98. The number of benzene rings is 1. The highest BCUT2D eigenvalue weighted by Crippen LogP contribution is 2.22. The minimum atomic E-state index is -3.05. The average Bonchev–Trinajstić information content (AvgIpc) is 2.85. The molecule has 2 rings (SSSR count). The second-order valence-corrected chi connectivity index (χ2v) is 8.46. The number of ketones is 1. The van der Waals surface area contributed by atoms with Crippen LogP contribution in [-0.4, -0.2) is 43.7 Å². The summed E-state index contributed by atoms with van der Waals surface area (Å²) in [6.45, 7) is 2.86. The molecule has 0 radical (unpaired) electrons. The molecule has 0 aliphatic carbocycles. The van der Waals surface area contributed by atoms with Crippen LogP contribution in [0.15, 0.2) is 24.3 Å². The molecule has 136 valence electrons. The number of sulfone groups is 1. The van der Waals surface area contributed by atoms with Gasteiger partial charge in [0.2, 0.25) is 11.7 Å². The number of anilines is 1. The van der Waals surface area contributed by atoms with Crippen molar-refractivity contribution in [2.75, 3.05) is 16.8 Å². The molecule has 1 N–H and O–H groups in total. The van der Waals surface area contributed by atoms with Gasteiger partial charge in [0.25, 0.3) is 0 Å². The zero-order valence-corrected chi connectivity index (χ0v) is 15.0. The smallest absolute Gasteiger partial charge is 0.306 e. The molecule has 0 aromatic heterocycles. The van der Waals surface area contributed by atoms with Crippen LogP contribution in [0.4, 0.5) is 5.69 Å². The van der Waals surface area contributed by atoms with E-state index in [9.17, 15) is 22.8 Å². The van der Waals surface area contributed by atoms with Crippen molar-refractivity contribution in [2.24, 2.45) is 5.92 Å². The first-order valence-corrected chi connectivity index (χ1v) is 9.80. The quantitative estimate of drug-likeness (QED) is 0.604. The summed E-state index contributed by atoms with van der Waals surface area (Å²) in [5.74, 6) is -1.29. The van der Waals surface area contributed by atoms with E-state index in [1.165, 1.54) is 13.8 Å². The Kier molecular flexibility index (Phi) is 5.94. The SMILES string of the molecule is CC(=O)Nc1ccc(C(=O)[C@@H](C)OC(=O)C[C@@H]2CCS(=O)(=O)C2)cc1. The van der Waals surface area contributed by atoms with Gasteiger partial charge in [-0.15, -0.1) is 0 Å². The number of esters is 1. The number of carbonyl (C=O) groups excluding carboxylic acids is 3. The zero-order valence-electron chi connectivity index (χ0n) is 14.2. The lowest BCUT2D eigenvalue weighted by atomic mass is 10.0. The van der Waals surface area contributed by atoms with E-state index in [1.807, 2.05) is 0 Å². The fourth-order valence-corrected chi connectivity index (χ4v) is 4.59. The molecule has 1 aromatic carbocycles. The Morgan fingerprint density at radius 3 is 2.40 bits per heavy atom. The van der Waals surface area contributed by atoms with Gasteiger partial charge < -0.3 is 10.1 Å². The maximum Gasteiger partial charge on any atom is 0.306 e. The lowest BCUT2D eigenvalue weighted by Gasteiger charge is -2.14. The number of amides is 1. The van der Waals surface area contributed by atoms with Gasteiger partial charge in [-0.3, -0.25) is 14.4 Å². The van der Waals surface area contributed by atoms with Crippen LogP contribution in [0.3, 0.4) is 0 Å². The molecule has 8 heteroatoms. The summed E-state index contributed by atoms with van der Waals surface area (Å²) in [6.07, 6.45) is -0.514. The van der Waals surface area contributed by atoms with Crippen molar-refractivity contribution in [1.82, 2.24) is 0 Å². The predicted molar refractivity (Wildman–Crippen MR) is 92.0 cm³/mol. The second-order valence-electron chi connectivity index (χ2n) is 6.23. The highest BCUT2D eigenvalue weighted by Gasteiger charge is 2.30. The molecule has 1 aliphatic rings. The third-order valence-corrected chi connectivity index (χ3v) is 5.79. The number of ether oxygens (including phenoxy) is 1. The Labute approximate surface area is 146 Å². The van der Waals surface area contributed by atoms with Crippen LogP contribution >= 0.6 is 0 Å². The number of Topliss-reactive ketones (excluding diaryl/α,β-unsaturated/α-hetero) is 1. The molecule has 1 heterocycles. The van der Waals surface area contributed by atoms with Crippen molar-refractivity contribution in [3.63, 3.8) is 0 Å². The first kappa shape index (κ1) is 19.1. The molecule has 1 amide bonds. The van der Waals surface area contributed by atoms with Gasteiger partial charge >= 0.3 is 5.97 Å². The van der Waals surface area contributed by atoms with Crippen LogP contribution in [0.25, 0.3) is 0 Å². The molecule has 0 bridgehead atoms. The molecule has 0 saturated carbocycles. The fourth-order valence-electron chi connectivity index (χ4n) is 2.72. The molecule has 1 aliphatic heterocycles. The first-order chi connectivity index (χ1) is 11.7. The molecule has 25 heavy (non-hydrogen) atoms. The third kappa shape index (κ3) is 5.67. The lowest BCUT2D eigenvalue weighted by molar-refractivity contribution is -0.147. The van der Waals surface area contributed by atoms with Gasteiger partial charge in [-0.2, -0.15) is 0 Å². The number of hydrogen-bond donors (Lipinski definition) is 1. The van der Waals surface area contributed by atoms with Crippen LogP contribution in [0.2, 0.25) is 0 Å². The van der Waals surface area contributed by atoms with Crippen LogP contribution in [-0.2, 0) is 24.2 Å². The maximum atomic E-state index is 12.3. The van der Waals surface area contributed by atoms with E-state index in [0.717, 1.165) is 0 Å². The van der Waals surface area contributed by atoms with E-state index in [0.29, 0.717) is 17.7 Å². The van der Waals surface area contributed by atoms with Crippen LogP contribution in [0, 0.1) is 5.92 Å². The number of nitrogens with one attached hydrogen (secondary N) is 1. The lowest BCUT2D eigenvalue weighted by Crippen LogP contribution is -2.25. The monoisotopic (exact) mass is 367 g/mol. The van der Waals surface area contributed by atoms with Crippen molar-refractivity contribution < 1.29 is 27.5 Å². The summed E-state index contributed by atoms with van der Waals surface area (Å²) in [4.78, 5) is 35.2. The molecular weight excluding hydrogens is 346 g/mol. The maximum absolute atomic E-state index is 12.3. The highest BCUT2D eigenvalue weighted by molar-refractivity contribution is 7.91. The molecule has 1 aromatic rings. The van der Waals surface area contributed by atoms with Crippen molar-refractivity contribution in [3.8, 4) is 0 Å². The average molecular weight is 367 g/mol. The van der Waals surface area contributed by atoms with E-state index in [1.54, 1.807) is 24.3 Å². The molecule has 1 fully saturated rings. The minimum Gasteiger partial charge on any atom is -0.454 e. The van der Waals surface area contributed by atoms with Gasteiger partial charge in [-0.05, 0) is 43.5 Å². The van der Waals surface area contributed by atoms with E-state index < -0.39 is 21.9 Å². The Hall–Kier alpha value is -2.22. The summed E-state index contributed by atoms with van der Waals surface area (Å²) in [5, 5.41) is 2.59. The number of hydrogen-bond acceptors (Lipinski definition) is 6. The molecular formula is C17H21NO6S. The normalized spacial score (nSPS) is 19.8. The van der Waals surface area contributed by atoms with E-state index >= 15 is 0 Å². The molecule has 0 unspecified atom stereocenters. The van der Waals surface area contributed by atoms with Crippen LogP contribution in [0.5, 0.6) is 0 Å². The Balaban J connectivity index is 1.89. The standard InChI is InChI=1S/C17H21NO6S/c1-11(24-16(20)9-13-7-8-25(22,23)10-13)17(21)14-3-5-15(6-4-14)18-12(2)19/h3-6,11,13H,7-10H2,1-2H3,(H,18,19)/t11-,13+/m1/s1. The number of carbonyl (C=O) groups is 3. The Morgan fingerprint density at radius 1 is 1.24 bits per heavy atom. The molecule has 1 saturated heterocycles. The minimum absolute atomic E-state index is 0.00167. The highest BCUT2D eigenvalue weighted by atomic mass is 32.2. The molecule has 2 atom stereocenters. The van der Waals surface area contributed by atoms with Gasteiger partial charge in [-0.1, -0.05) is 0 Å². The van der Waals surface area contributed by atoms with Crippen molar-refractivity contribution in [2.45, 2.75) is 32.8 Å². The summed E-state index contributed by atoms with van der Waals surface area (Å²) in [6, 6.07) is 6.27. The topological polar surface area (TPSA) is 107 Å². The summed E-state index contributed by atoms with van der Waals surface area (Å²) >= 11 is 0. The molecule has 0 spiro atoms. The van der Waals surface area contributed by atoms with Crippen LogP contribution < -0.4 is 5.32 Å². The predicted octanol–water partition coefficient (Wildman–Crippen LogP) is 1.58. The van der Waals surface area contributed by atoms with Crippen molar-refractivity contribution >= 4 is 33.2 Å². The number of rotatable bonds is 6. The largest absolute Gasteiger partial charge is 0.454 e. The van der Waals surface area contributed by atoms with Crippen molar-refractivity contribution in [3.05, 3.63) is 29.8 Å². The molecule has 7 nitrogen and oxygen atoms in total. The summed E-state index contributed by atoms with van der Waals surface area (Å²) in [7, 11) is -3.05. The van der Waals surface area contributed by atoms with Gasteiger partial charge in [0, 0.05) is 24.6 Å². The van der Waals surface area contributed by atoms with Gasteiger partial charge in [-0.25, -0.2) is 8.42 Å². The summed E-state index contributed by atoms with van der Waals surface area (Å²) < 4.78 is 27.9. The summed E-state index contributed by atoms with van der Waals surface area (Å²) in [5.41, 5.74) is 0.925. The van der Waals surface area contributed by atoms with E-state index in [2.05, 4.69) is 5.32 Å². The van der Waals surface area contributed by atoms with E-state index in [4.69, 9.17) is 4.74 Å². The van der Waals surface area contributed by atoms with Gasteiger partial charge in [0.05, 0.1) is 11.5 Å². The van der Waals surface area contributed by atoms with E-state index in [-0.39, 0.29) is 35.5 Å².